The highest BCUT2D eigenvalue weighted by Crippen LogP contribution is 2.35. The Morgan fingerprint density at radius 3 is 2.29 bits per heavy atom. The van der Waals surface area contributed by atoms with Crippen LogP contribution in [0, 0.1) is 5.82 Å². The molecule has 24 heavy (non-hydrogen) atoms. The zero-order valence-corrected chi connectivity index (χ0v) is 12.5. The Morgan fingerprint density at radius 1 is 1.08 bits per heavy atom. The molecule has 1 aliphatic rings. The lowest BCUT2D eigenvalue weighted by Crippen LogP contribution is -2.19. The summed E-state index contributed by atoms with van der Waals surface area (Å²) in [6, 6.07) is 2.64. The highest BCUT2D eigenvalue weighted by atomic mass is 19.4. The van der Waals surface area contributed by atoms with Crippen LogP contribution >= 0.6 is 0 Å². The topological polar surface area (TPSA) is 55.0 Å². The van der Waals surface area contributed by atoms with Crippen molar-refractivity contribution in [3.05, 3.63) is 59.8 Å². The van der Waals surface area contributed by atoms with Crippen LogP contribution in [0.25, 0.3) is 22.8 Å². The van der Waals surface area contributed by atoms with Crippen LogP contribution in [0.15, 0.2) is 37.3 Å². The van der Waals surface area contributed by atoms with Crippen LogP contribution < -0.4 is 5.73 Å². The van der Waals surface area contributed by atoms with Gasteiger partial charge in [-0.25, -0.2) is 14.4 Å². The van der Waals surface area contributed by atoms with Gasteiger partial charge in [0.15, 0.2) is 5.82 Å². The van der Waals surface area contributed by atoms with Crippen LogP contribution in [-0.2, 0) is 6.18 Å². The maximum atomic E-state index is 14.4. The highest BCUT2D eigenvalue weighted by Gasteiger charge is 2.31. The van der Waals surface area contributed by atoms with E-state index in [-0.39, 0.29) is 11.4 Å². The molecule has 0 fully saturated rings. The fourth-order valence-corrected chi connectivity index (χ4v) is 2.38. The van der Waals surface area contributed by atoms with Gasteiger partial charge in [-0.2, -0.15) is 13.2 Å². The van der Waals surface area contributed by atoms with Crippen LogP contribution in [0.1, 0.15) is 16.7 Å². The second-order valence-electron chi connectivity index (χ2n) is 5.31. The van der Waals surface area contributed by atoms with Gasteiger partial charge in [0.1, 0.15) is 5.82 Å². The Kier molecular flexibility index (Phi) is 3.55. The minimum atomic E-state index is -4.55. The van der Waals surface area contributed by atoms with E-state index in [4.69, 9.17) is 5.73 Å². The molecular formula is C16H12F4N4. The first-order valence-corrected chi connectivity index (χ1v) is 6.81. The second kappa shape index (κ2) is 5.33. The molecule has 3 rings (SSSR count). The summed E-state index contributed by atoms with van der Waals surface area (Å²) in [6.45, 7) is 3.86. The number of fused-ring (bicyclic) bond motifs is 1. The van der Waals surface area contributed by atoms with E-state index < -0.39 is 17.6 Å². The number of hydrogen-bond acceptors (Lipinski definition) is 4. The molecule has 0 atom stereocenters. The molecule has 0 saturated heterocycles. The predicted molar refractivity (Wildman–Crippen MR) is 81.4 cm³/mol. The quantitative estimate of drug-likeness (QED) is 0.810. The third-order valence-electron chi connectivity index (χ3n) is 3.71. The van der Waals surface area contributed by atoms with Crippen molar-refractivity contribution in [2.45, 2.75) is 6.18 Å². The highest BCUT2D eigenvalue weighted by molar-refractivity contribution is 5.84. The van der Waals surface area contributed by atoms with E-state index in [2.05, 4.69) is 16.5 Å². The Hall–Kier alpha value is -2.90. The van der Waals surface area contributed by atoms with Gasteiger partial charge < -0.3 is 10.6 Å². The number of alkyl halides is 3. The van der Waals surface area contributed by atoms with Crippen LogP contribution in [0.5, 0.6) is 0 Å². The molecule has 0 amide bonds. The maximum Gasteiger partial charge on any atom is 0.419 e. The second-order valence-corrected chi connectivity index (χ2v) is 5.31. The zero-order valence-electron chi connectivity index (χ0n) is 12.5. The summed E-state index contributed by atoms with van der Waals surface area (Å²) < 4.78 is 52.1. The van der Waals surface area contributed by atoms with E-state index in [1.54, 1.807) is 18.1 Å². The monoisotopic (exact) mass is 336 g/mol. The third-order valence-corrected chi connectivity index (χ3v) is 3.71. The fourth-order valence-electron chi connectivity index (χ4n) is 2.38. The summed E-state index contributed by atoms with van der Waals surface area (Å²) in [7, 11) is 1.73. The predicted octanol–water partition coefficient (Wildman–Crippen LogP) is 3.47. The molecule has 0 spiro atoms. The smallest absolute Gasteiger partial charge is 0.397 e. The summed E-state index contributed by atoms with van der Waals surface area (Å²) in [4.78, 5) is 8.90. The van der Waals surface area contributed by atoms with Gasteiger partial charge in [0.25, 0.3) is 0 Å². The molecule has 0 radical (unpaired) electrons. The van der Waals surface area contributed by atoms with Gasteiger partial charge in [0.05, 0.1) is 16.8 Å². The van der Waals surface area contributed by atoms with Gasteiger partial charge in [-0.05, 0) is 12.1 Å². The minimum absolute atomic E-state index is 0.0313. The maximum absolute atomic E-state index is 14.4. The summed E-state index contributed by atoms with van der Waals surface area (Å²) >= 11 is 0. The van der Waals surface area contributed by atoms with Crippen molar-refractivity contribution in [1.82, 2.24) is 14.9 Å². The third kappa shape index (κ3) is 2.60. The van der Waals surface area contributed by atoms with Gasteiger partial charge in [-0.1, -0.05) is 6.58 Å². The molecular weight excluding hydrogens is 324 g/mol. The minimum Gasteiger partial charge on any atom is -0.397 e. The van der Waals surface area contributed by atoms with Crippen molar-refractivity contribution in [2.24, 2.45) is 5.73 Å². The molecule has 0 unspecified atom stereocenters. The normalized spacial score (nSPS) is 14.5. The van der Waals surface area contributed by atoms with Crippen LogP contribution in [0.4, 0.5) is 17.6 Å². The molecule has 2 aromatic rings. The molecule has 0 bridgehead atoms. The van der Waals surface area contributed by atoms with Crippen molar-refractivity contribution in [2.75, 3.05) is 7.05 Å². The standard InChI is InChI=1S/C16H12F4N4/c1-8-10-4-13(17)12(3-11(10)14(21)7-24(8)2)15-22-5-9(6-23-15)16(18,19)20/h3-7H,1,21H2,2H3. The zero-order chi connectivity index (χ0) is 17.6. The van der Waals surface area contributed by atoms with Crippen molar-refractivity contribution in [1.29, 1.82) is 0 Å². The molecule has 8 heteroatoms. The molecule has 0 aliphatic carbocycles. The fraction of sp³-hybridized carbons (Fsp3) is 0.125. The summed E-state index contributed by atoms with van der Waals surface area (Å²) in [5.41, 5.74) is 6.88. The van der Waals surface area contributed by atoms with E-state index in [0.29, 0.717) is 34.9 Å². The number of benzene rings is 1. The van der Waals surface area contributed by atoms with E-state index in [9.17, 15) is 17.6 Å². The van der Waals surface area contributed by atoms with Crippen molar-refractivity contribution in [3.63, 3.8) is 0 Å². The summed E-state index contributed by atoms with van der Waals surface area (Å²) in [6.07, 6.45) is -1.69. The van der Waals surface area contributed by atoms with Crippen LogP contribution in [-0.4, -0.2) is 21.9 Å². The van der Waals surface area contributed by atoms with Gasteiger partial charge in [-0.15, -0.1) is 0 Å². The molecule has 1 aliphatic heterocycles. The number of rotatable bonds is 1. The number of nitrogens with two attached hydrogens (primary N) is 1. The van der Waals surface area contributed by atoms with Gasteiger partial charge in [0, 0.05) is 42.5 Å². The lowest BCUT2D eigenvalue weighted by Gasteiger charge is -2.26. The van der Waals surface area contributed by atoms with Crippen LogP contribution in [0.2, 0.25) is 0 Å². The number of nitrogens with zero attached hydrogens (tertiary/aromatic N) is 3. The van der Waals surface area contributed by atoms with Crippen molar-refractivity contribution in [3.8, 4) is 11.4 Å². The lowest BCUT2D eigenvalue weighted by atomic mass is 9.96. The molecule has 1 aromatic heterocycles. The van der Waals surface area contributed by atoms with Crippen molar-refractivity contribution >= 4 is 11.4 Å². The summed E-state index contributed by atoms with van der Waals surface area (Å²) in [5.74, 6) is -0.821. The molecule has 1 aromatic carbocycles. The largest absolute Gasteiger partial charge is 0.419 e. The molecule has 4 nitrogen and oxygen atoms in total. The average Bonchev–Trinajstić information content (AvgIpc) is 2.51. The Morgan fingerprint density at radius 2 is 1.71 bits per heavy atom. The molecule has 2 heterocycles. The first-order chi connectivity index (χ1) is 11.2. The van der Waals surface area contributed by atoms with E-state index in [1.165, 1.54) is 12.1 Å². The first kappa shape index (κ1) is 16.0. The molecule has 2 N–H and O–H groups in total. The molecule has 0 saturated carbocycles. The summed E-state index contributed by atoms with van der Waals surface area (Å²) in [5, 5.41) is 0. The SMILES string of the molecule is C=C1c2cc(F)c(-c3ncc(C(F)(F)F)cn3)cc2C(N)=CN1C. The molecule has 124 valence electrons. The number of hydrogen-bond donors (Lipinski definition) is 1. The Balaban J connectivity index is 2.10. The van der Waals surface area contributed by atoms with E-state index in [0.717, 1.165) is 0 Å². The van der Waals surface area contributed by atoms with Crippen molar-refractivity contribution < 1.29 is 17.6 Å². The Bertz CT molecular complexity index is 854. The lowest BCUT2D eigenvalue weighted by molar-refractivity contribution is -0.138. The van der Waals surface area contributed by atoms with E-state index in [1.807, 2.05) is 0 Å². The van der Waals surface area contributed by atoms with Gasteiger partial charge in [-0.3, -0.25) is 0 Å². The van der Waals surface area contributed by atoms with E-state index >= 15 is 0 Å². The first-order valence-electron chi connectivity index (χ1n) is 6.81. The van der Waals surface area contributed by atoms with Crippen LogP contribution in [0.3, 0.4) is 0 Å². The Labute approximate surface area is 134 Å². The average molecular weight is 336 g/mol. The van der Waals surface area contributed by atoms with Gasteiger partial charge >= 0.3 is 6.18 Å². The number of aromatic nitrogens is 2. The number of halogens is 4. The van der Waals surface area contributed by atoms with Gasteiger partial charge in [0.2, 0.25) is 0 Å².